The SMILES string of the molecule is NC1(CC(=O)N2CCC[C@@H]2c2ccc(F)cc2)CCC1. The Hall–Kier alpha value is -1.42. The summed E-state index contributed by atoms with van der Waals surface area (Å²) in [4.78, 5) is 14.4. The third-order valence-corrected chi connectivity index (χ3v) is 4.68. The van der Waals surface area contributed by atoms with E-state index in [1.807, 2.05) is 4.90 Å². The van der Waals surface area contributed by atoms with Gasteiger partial charge in [0.2, 0.25) is 5.91 Å². The van der Waals surface area contributed by atoms with Gasteiger partial charge in [0, 0.05) is 18.5 Å². The quantitative estimate of drug-likeness (QED) is 0.922. The summed E-state index contributed by atoms with van der Waals surface area (Å²) < 4.78 is 13.0. The summed E-state index contributed by atoms with van der Waals surface area (Å²) in [7, 11) is 0. The molecule has 1 aromatic rings. The topological polar surface area (TPSA) is 46.3 Å². The Morgan fingerprint density at radius 3 is 2.60 bits per heavy atom. The predicted molar refractivity (Wildman–Crippen MR) is 75.5 cm³/mol. The third kappa shape index (κ3) is 2.57. The smallest absolute Gasteiger partial charge is 0.224 e. The fraction of sp³-hybridized carbons (Fsp3) is 0.562. The number of likely N-dealkylation sites (tertiary alicyclic amines) is 1. The van der Waals surface area contributed by atoms with Gasteiger partial charge in [-0.25, -0.2) is 4.39 Å². The molecule has 4 heteroatoms. The van der Waals surface area contributed by atoms with Gasteiger partial charge in [0.25, 0.3) is 0 Å². The molecule has 108 valence electrons. The highest BCUT2D eigenvalue weighted by Crippen LogP contribution is 2.36. The molecule has 1 aromatic carbocycles. The van der Waals surface area contributed by atoms with E-state index >= 15 is 0 Å². The molecule has 1 amide bonds. The average molecular weight is 276 g/mol. The molecular formula is C16H21FN2O. The second kappa shape index (κ2) is 5.17. The van der Waals surface area contributed by atoms with Gasteiger partial charge in [-0.05, 0) is 49.8 Å². The molecule has 20 heavy (non-hydrogen) atoms. The van der Waals surface area contributed by atoms with Crippen molar-refractivity contribution >= 4 is 5.91 Å². The number of hydrogen-bond acceptors (Lipinski definition) is 2. The van der Waals surface area contributed by atoms with E-state index in [0.717, 1.165) is 44.2 Å². The lowest BCUT2D eigenvalue weighted by molar-refractivity contribution is -0.134. The molecule has 2 N–H and O–H groups in total. The Balaban J connectivity index is 1.71. The van der Waals surface area contributed by atoms with Crippen LogP contribution in [-0.4, -0.2) is 22.9 Å². The number of hydrogen-bond donors (Lipinski definition) is 1. The molecule has 1 saturated heterocycles. The summed E-state index contributed by atoms with van der Waals surface area (Å²) in [6.45, 7) is 0.789. The second-order valence-corrected chi connectivity index (χ2v) is 6.19. The van der Waals surface area contributed by atoms with E-state index in [4.69, 9.17) is 5.73 Å². The van der Waals surface area contributed by atoms with Gasteiger partial charge in [0.1, 0.15) is 5.82 Å². The highest BCUT2D eigenvalue weighted by Gasteiger charge is 2.38. The molecule has 1 aliphatic heterocycles. The van der Waals surface area contributed by atoms with Gasteiger partial charge in [-0.3, -0.25) is 4.79 Å². The van der Waals surface area contributed by atoms with Crippen LogP contribution in [0.2, 0.25) is 0 Å². The zero-order valence-corrected chi connectivity index (χ0v) is 11.6. The van der Waals surface area contributed by atoms with Crippen molar-refractivity contribution in [2.24, 2.45) is 5.73 Å². The maximum atomic E-state index is 13.0. The van der Waals surface area contributed by atoms with Crippen LogP contribution >= 0.6 is 0 Å². The molecule has 2 fully saturated rings. The first-order valence-corrected chi connectivity index (χ1v) is 7.41. The molecule has 0 spiro atoms. The van der Waals surface area contributed by atoms with Crippen molar-refractivity contribution in [3.05, 3.63) is 35.6 Å². The molecule has 3 rings (SSSR count). The largest absolute Gasteiger partial charge is 0.336 e. The summed E-state index contributed by atoms with van der Waals surface area (Å²) in [5, 5.41) is 0. The second-order valence-electron chi connectivity index (χ2n) is 6.19. The predicted octanol–water partition coefficient (Wildman–Crippen LogP) is 2.76. The van der Waals surface area contributed by atoms with Crippen LogP contribution in [0.4, 0.5) is 4.39 Å². The molecule has 1 aliphatic carbocycles. The van der Waals surface area contributed by atoms with E-state index in [1.54, 1.807) is 12.1 Å². The Morgan fingerprint density at radius 2 is 2.00 bits per heavy atom. The minimum absolute atomic E-state index is 0.0896. The lowest BCUT2D eigenvalue weighted by Crippen LogP contribution is -2.50. The van der Waals surface area contributed by atoms with Crippen molar-refractivity contribution < 1.29 is 9.18 Å². The van der Waals surface area contributed by atoms with Gasteiger partial charge in [-0.1, -0.05) is 12.1 Å². The van der Waals surface area contributed by atoms with Crippen LogP contribution < -0.4 is 5.73 Å². The van der Waals surface area contributed by atoms with Crippen LogP contribution in [0.25, 0.3) is 0 Å². The molecule has 1 saturated carbocycles. The van der Waals surface area contributed by atoms with E-state index < -0.39 is 0 Å². The Labute approximate surface area is 118 Å². The Bertz CT molecular complexity index is 496. The van der Waals surface area contributed by atoms with Gasteiger partial charge >= 0.3 is 0 Å². The first-order valence-electron chi connectivity index (χ1n) is 7.41. The van der Waals surface area contributed by atoms with Crippen LogP contribution in [-0.2, 0) is 4.79 Å². The molecule has 1 atom stereocenters. The molecule has 0 bridgehead atoms. The summed E-state index contributed by atoms with van der Waals surface area (Å²) >= 11 is 0. The highest BCUT2D eigenvalue weighted by molar-refractivity contribution is 5.78. The first kappa shape index (κ1) is 13.6. The van der Waals surface area contributed by atoms with Gasteiger partial charge in [0.15, 0.2) is 0 Å². The zero-order valence-electron chi connectivity index (χ0n) is 11.6. The van der Waals surface area contributed by atoms with Gasteiger partial charge in [-0.2, -0.15) is 0 Å². The molecule has 1 heterocycles. The van der Waals surface area contributed by atoms with E-state index in [9.17, 15) is 9.18 Å². The summed E-state index contributed by atoms with van der Waals surface area (Å²) in [6, 6.07) is 6.59. The van der Waals surface area contributed by atoms with Crippen molar-refractivity contribution in [3.63, 3.8) is 0 Å². The van der Waals surface area contributed by atoms with E-state index in [2.05, 4.69) is 0 Å². The molecular weight excluding hydrogens is 255 g/mol. The van der Waals surface area contributed by atoms with Crippen molar-refractivity contribution in [3.8, 4) is 0 Å². The number of rotatable bonds is 3. The van der Waals surface area contributed by atoms with Crippen LogP contribution in [0, 0.1) is 5.82 Å². The minimum atomic E-state index is -0.271. The van der Waals surface area contributed by atoms with Crippen molar-refractivity contribution in [2.45, 2.75) is 50.1 Å². The molecule has 0 aromatic heterocycles. The summed E-state index contributed by atoms with van der Waals surface area (Å²) in [6.07, 6.45) is 5.44. The van der Waals surface area contributed by atoms with Gasteiger partial charge < -0.3 is 10.6 Å². The lowest BCUT2D eigenvalue weighted by Gasteiger charge is -2.39. The number of carbonyl (C=O) groups excluding carboxylic acids is 1. The lowest BCUT2D eigenvalue weighted by atomic mass is 9.75. The number of nitrogens with zero attached hydrogens (tertiary/aromatic N) is 1. The summed E-state index contributed by atoms with van der Waals surface area (Å²) in [5.74, 6) is -0.0842. The number of nitrogens with two attached hydrogens (primary N) is 1. The van der Waals surface area contributed by atoms with E-state index in [0.29, 0.717) is 6.42 Å². The Morgan fingerprint density at radius 1 is 1.30 bits per heavy atom. The van der Waals surface area contributed by atoms with E-state index in [1.165, 1.54) is 12.1 Å². The maximum absolute atomic E-state index is 13.0. The van der Waals surface area contributed by atoms with Gasteiger partial charge in [-0.15, -0.1) is 0 Å². The highest BCUT2D eigenvalue weighted by atomic mass is 19.1. The number of halogens is 1. The first-order chi connectivity index (χ1) is 9.57. The normalized spacial score (nSPS) is 24.5. The van der Waals surface area contributed by atoms with Crippen molar-refractivity contribution in [2.75, 3.05) is 6.54 Å². The van der Waals surface area contributed by atoms with Crippen LogP contribution in [0.15, 0.2) is 24.3 Å². The van der Waals surface area contributed by atoms with E-state index in [-0.39, 0.29) is 23.3 Å². The van der Waals surface area contributed by atoms with Gasteiger partial charge in [0.05, 0.1) is 6.04 Å². The molecule has 2 aliphatic rings. The fourth-order valence-electron chi connectivity index (χ4n) is 3.31. The standard InChI is InChI=1S/C16H21FN2O/c17-13-6-4-12(5-7-13)14-3-1-10-19(14)15(20)11-16(18)8-2-9-16/h4-7,14H,1-3,8-11,18H2/t14-/m1/s1. The summed E-state index contributed by atoms with van der Waals surface area (Å²) in [5.41, 5.74) is 6.93. The molecule has 3 nitrogen and oxygen atoms in total. The van der Waals surface area contributed by atoms with Crippen LogP contribution in [0.1, 0.15) is 50.1 Å². The number of amides is 1. The number of benzene rings is 1. The van der Waals surface area contributed by atoms with Crippen LogP contribution in [0.5, 0.6) is 0 Å². The molecule has 0 radical (unpaired) electrons. The Kier molecular flexibility index (Phi) is 3.50. The maximum Gasteiger partial charge on any atom is 0.224 e. The average Bonchev–Trinajstić information content (AvgIpc) is 2.87. The third-order valence-electron chi connectivity index (χ3n) is 4.68. The van der Waals surface area contributed by atoms with Crippen molar-refractivity contribution in [1.82, 2.24) is 4.90 Å². The molecule has 0 unspecified atom stereocenters. The number of carbonyl (C=O) groups is 1. The van der Waals surface area contributed by atoms with Crippen LogP contribution in [0.3, 0.4) is 0 Å². The zero-order chi connectivity index (χ0) is 14.2. The van der Waals surface area contributed by atoms with Crippen molar-refractivity contribution in [1.29, 1.82) is 0 Å². The monoisotopic (exact) mass is 276 g/mol. The fourth-order valence-corrected chi connectivity index (χ4v) is 3.31. The minimum Gasteiger partial charge on any atom is -0.336 e.